The molecule has 1 atom stereocenters. The van der Waals surface area contributed by atoms with E-state index in [9.17, 15) is 14.9 Å². The summed E-state index contributed by atoms with van der Waals surface area (Å²) >= 11 is 0. The molecular weight excluding hydrogens is 534 g/mol. The first-order valence-electron chi connectivity index (χ1n) is 13.1. The lowest BCUT2D eigenvalue weighted by molar-refractivity contribution is -0.384. The number of anilines is 2. The zero-order chi connectivity index (χ0) is 29.1. The molecule has 11 heteroatoms. The number of nitro benzene ring substituents is 1. The largest absolute Gasteiger partial charge is 0.489 e. The van der Waals surface area contributed by atoms with Gasteiger partial charge in [0.15, 0.2) is 5.82 Å². The van der Waals surface area contributed by atoms with Gasteiger partial charge >= 0.3 is 0 Å². The van der Waals surface area contributed by atoms with E-state index in [0.717, 1.165) is 11.1 Å². The van der Waals surface area contributed by atoms with Crippen molar-refractivity contribution in [3.63, 3.8) is 0 Å². The van der Waals surface area contributed by atoms with Crippen LogP contribution in [0.3, 0.4) is 0 Å². The molecule has 1 aliphatic rings. The predicted molar refractivity (Wildman–Crippen MR) is 157 cm³/mol. The standard InChI is InChI=1S/C31H25N7O4/c1-20-27(30(39)34-24-10-6-16-32-18-24)28(22-12-14-26(15-13-22)42-19-21-7-3-2-4-8-21)37-31(33-20)35-29(36-37)23-9-5-11-25(17-23)38(40)41/h2-18,28H,19H2,1H3,(H,34,39)(H,33,35,36). The number of nitrogens with zero attached hydrogens (tertiary/aromatic N) is 5. The molecule has 0 aliphatic carbocycles. The van der Waals surface area contributed by atoms with Crippen molar-refractivity contribution in [1.82, 2.24) is 19.7 Å². The van der Waals surface area contributed by atoms with Gasteiger partial charge in [0.05, 0.1) is 22.4 Å². The van der Waals surface area contributed by atoms with Crippen LogP contribution in [0.2, 0.25) is 0 Å². The fourth-order valence-corrected chi connectivity index (χ4v) is 4.76. The molecule has 5 aromatic rings. The number of aromatic nitrogens is 4. The van der Waals surface area contributed by atoms with Gasteiger partial charge in [-0.1, -0.05) is 54.6 Å². The third kappa shape index (κ3) is 5.43. The second-order valence-corrected chi connectivity index (χ2v) is 9.62. The van der Waals surface area contributed by atoms with Gasteiger partial charge in [0.25, 0.3) is 11.6 Å². The van der Waals surface area contributed by atoms with Crippen molar-refractivity contribution in [2.75, 3.05) is 10.6 Å². The molecule has 3 aromatic carbocycles. The summed E-state index contributed by atoms with van der Waals surface area (Å²) in [6.07, 6.45) is 3.20. The third-order valence-electron chi connectivity index (χ3n) is 6.78. The van der Waals surface area contributed by atoms with E-state index in [1.54, 1.807) is 48.3 Å². The molecule has 0 fully saturated rings. The number of carbonyl (C=O) groups excluding carboxylic acids is 1. The average molecular weight is 560 g/mol. The minimum atomic E-state index is -0.652. The number of carbonyl (C=O) groups is 1. The number of amides is 1. The second-order valence-electron chi connectivity index (χ2n) is 9.62. The number of nitro groups is 1. The fourth-order valence-electron chi connectivity index (χ4n) is 4.76. The monoisotopic (exact) mass is 559 g/mol. The highest BCUT2D eigenvalue weighted by Crippen LogP contribution is 2.37. The lowest BCUT2D eigenvalue weighted by Crippen LogP contribution is -2.31. The number of ether oxygens (including phenoxy) is 1. The van der Waals surface area contributed by atoms with Crippen molar-refractivity contribution in [2.45, 2.75) is 19.6 Å². The molecule has 0 spiro atoms. The highest BCUT2D eigenvalue weighted by molar-refractivity contribution is 6.06. The molecule has 42 heavy (non-hydrogen) atoms. The first kappa shape index (κ1) is 26.4. The van der Waals surface area contributed by atoms with E-state index in [2.05, 4.69) is 20.6 Å². The van der Waals surface area contributed by atoms with Gasteiger partial charge in [0, 0.05) is 29.6 Å². The maximum absolute atomic E-state index is 13.7. The van der Waals surface area contributed by atoms with Crippen LogP contribution >= 0.6 is 0 Å². The van der Waals surface area contributed by atoms with Gasteiger partial charge < -0.3 is 15.4 Å². The number of hydrogen-bond donors (Lipinski definition) is 2. The number of allylic oxidation sites excluding steroid dienone is 1. The minimum absolute atomic E-state index is 0.0679. The van der Waals surface area contributed by atoms with Crippen LogP contribution in [-0.2, 0) is 11.4 Å². The molecule has 0 radical (unpaired) electrons. The van der Waals surface area contributed by atoms with Crippen LogP contribution in [0.5, 0.6) is 5.75 Å². The minimum Gasteiger partial charge on any atom is -0.489 e. The molecule has 2 aromatic heterocycles. The number of fused-ring (bicyclic) bond motifs is 1. The number of pyridine rings is 1. The van der Waals surface area contributed by atoms with Gasteiger partial charge in [-0.3, -0.25) is 19.9 Å². The zero-order valence-electron chi connectivity index (χ0n) is 22.5. The van der Waals surface area contributed by atoms with Gasteiger partial charge in [-0.05, 0) is 42.3 Å². The lowest BCUT2D eigenvalue weighted by Gasteiger charge is -2.28. The quantitative estimate of drug-likeness (QED) is 0.181. The molecule has 0 saturated carbocycles. The number of non-ortho nitro benzene ring substituents is 1. The van der Waals surface area contributed by atoms with Crippen molar-refractivity contribution in [2.24, 2.45) is 0 Å². The van der Waals surface area contributed by atoms with E-state index in [4.69, 9.17) is 9.84 Å². The van der Waals surface area contributed by atoms with Crippen molar-refractivity contribution < 1.29 is 14.5 Å². The highest BCUT2D eigenvalue weighted by Gasteiger charge is 2.34. The molecule has 3 heterocycles. The first-order chi connectivity index (χ1) is 20.5. The van der Waals surface area contributed by atoms with Crippen LogP contribution in [0.15, 0.2) is 115 Å². The van der Waals surface area contributed by atoms with Crippen LogP contribution in [-0.4, -0.2) is 30.6 Å². The molecule has 1 amide bonds. The van der Waals surface area contributed by atoms with Crippen molar-refractivity contribution >= 4 is 23.2 Å². The molecule has 11 nitrogen and oxygen atoms in total. The normalized spacial score (nSPS) is 14.1. The third-order valence-corrected chi connectivity index (χ3v) is 6.78. The van der Waals surface area contributed by atoms with E-state index in [-0.39, 0.29) is 17.4 Å². The Balaban J connectivity index is 1.37. The number of rotatable bonds is 8. The Labute approximate surface area is 240 Å². The summed E-state index contributed by atoms with van der Waals surface area (Å²) in [5.74, 6) is 1.03. The van der Waals surface area contributed by atoms with Gasteiger partial charge in [-0.2, -0.15) is 4.98 Å². The summed E-state index contributed by atoms with van der Waals surface area (Å²) in [4.78, 5) is 33.3. The van der Waals surface area contributed by atoms with Crippen molar-refractivity contribution in [3.05, 3.63) is 136 Å². The van der Waals surface area contributed by atoms with Crippen LogP contribution in [0.25, 0.3) is 11.4 Å². The Bertz CT molecular complexity index is 1790. The van der Waals surface area contributed by atoms with E-state index in [1.807, 2.05) is 54.6 Å². The van der Waals surface area contributed by atoms with E-state index >= 15 is 0 Å². The molecule has 1 aliphatic heterocycles. The Hall–Kier alpha value is -5.84. The zero-order valence-corrected chi connectivity index (χ0v) is 22.5. The fraction of sp³-hybridized carbons (Fsp3) is 0.0968. The molecule has 0 saturated heterocycles. The van der Waals surface area contributed by atoms with Crippen LogP contribution in [0.4, 0.5) is 17.3 Å². The molecule has 1 unspecified atom stereocenters. The maximum atomic E-state index is 13.7. The van der Waals surface area contributed by atoms with Crippen LogP contribution < -0.4 is 15.4 Å². The topological polar surface area (TPSA) is 137 Å². The Kier molecular flexibility index (Phi) is 7.12. The molecule has 2 N–H and O–H groups in total. The van der Waals surface area contributed by atoms with E-state index < -0.39 is 11.0 Å². The van der Waals surface area contributed by atoms with Gasteiger partial charge in [0.1, 0.15) is 18.4 Å². The summed E-state index contributed by atoms with van der Waals surface area (Å²) in [6, 6.07) is 26.3. The summed E-state index contributed by atoms with van der Waals surface area (Å²) in [6.45, 7) is 2.22. The first-order valence-corrected chi connectivity index (χ1v) is 13.1. The molecule has 6 rings (SSSR count). The number of benzene rings is 3. The predicted octanol–water partition coefficient (Wildman–Crippen LogP) is 5.75. The van der Waals surface area contributed by atoms with Gasteiger partial charge in [-0.15, -0.1) is 5.10 Å². The van der Waals surface area contributed by atoms with Crippen LogP contribution in [0, 0.1) is 10.1 Å². The van der Waals surface area contributed by atoms with E-state index in [1.165, 1.54) is 12.1 Å². The smallest absolute Gasteiger partial charge is 0.270 e. The van der Waals surface area contributed by atoms with Crippen molar-refractivity contribution in [1.29, 1.82) is 0 Å². The molecule has 208 valence electrons. The van der Waals surface area contributed by atoms with Crippen LogP contribution in [0.1, 0.15) is 24.1 Å². The Morgan fingerprint density at radius 1 is 1.05 bits per heavy atom. The summed E-state index contributed by atoms with van der Waals surface area (Å²) in [5, 5.41) is 22.2. The maximum Gasteiger partial charge on any atom is 0.270 e. The number of nitrogens with one attached hydrogen (secondary N) is 2. The van der Waals surface area contributed by atoms with Gasteiger partial charge in [0.2, 0.25) is 5.95 Å². The highest BCUT2D eigenvalue weighted by atomic mass is 16.6. The summed E-state index contributed by atoms with van der Waals surface area (Å²) in [7, 11) is 0. The second kappa shape index (κ2) is 11.3. The van der Waals surface area contributed by atoms with E-state index in [0.29, 0.717) is 40.8 Å². The summed E-state index contributed by atoms with van der Waals surface area (Å²) < 4.78 is 7.59. The molecule has 0 bridgehead atoms. The number of hydrogen-bond acceptors (Lipinski definition) is 8. The Morgan fingerprint density at radius 3 is 2.60 bits per heavy atom. The lowest BCUT2D eigenvalue weighted by atomic mass is 9.95. The molecular formula is C31H25N7O4. The van der Waals surface area contributed by atoms with Gasteiger partial charge in [-0.25, -0.2) is 4.68 Å². The summed E-state index contributed by atoms with van der Waals surface area (Å²) in [5.41, 5.74) is 3.81. The Morgan fingerprint density at radius 2 is 1.86 bits per heavy atom. The SMILES string of the molecule is CC1=C(C(=O)Nc2cccnc2)C(c2ccc(OCc3ccccc3)cc2)n2nc(-c3cccc([N+](=O)[O-])c3)nc2N1. The van der Waals surface area contributed by atoms with Crippen molar-refractivity contribution in [3.8, 4) is 17.1 Å². The average Bonchev–Trinajstić information content (AvgIpc) is 3.44.